The van der Waals surface area contributed by atoms with E-state index in [0.717, 1.165) is 12.4 Å². The Balaban J connectivity index is 1.59. The van der Waals surface area contributed by atoms with Gasteiger partial charge in [-0.2, -0.15) is 0 Å². The zero-order valence-electron chi connectivity index (χ0n) is 13.5. The van der Waals surface area contributed by atoms with Crippen LogP contribution in [0.2, 0.25) is 0 Å². The fourth-order valence-corrected chi connectivity index (χ4v) is 5.72. The van der Waals surface area contributed by atoms with Gasteiger partial charge in [-0.05, 0) is 19.3 Å². The number of hydrogen-bond donors (Lipinski definition) is 0. The monoisotopic (exact) mass is 376 g/mol. The average molecular weight is 376 g/mol. The van der Waals surface area contributed by atoms with Crippen molar-refractivity contribution in [2.75, 3.05) is 31.1 Å². The second-order valence-corrected chi connectivity index (χ2v) is 9.40. The van der Waals surface area contributed by atoms with E-state index in [2.05, 4.69) is 9.97 Å². The number of alkyl halides is 2. The summed E-state index contributed by atoms with van der Waals surface area (Å²) < 4.78 is 68.7. The molecule has 0 aromatic carbocycles. The van der Waals surface area contributed by atoms with Crippen molar-refractivity contribution in [3.8, 4) is 0 Å². The fourth-order valence-electron chi connectivity index (χ4n) is 3.80. The smallest absolute Gasteiger partial charge is 0.257 e. The van der Waals surface area contributed by atoms with Crippen molar-refractivity contribution in [1.82, 2.24) is 14.3 Å². The average Bonchev–Trinajstić information content (AvgIpc) is 3.33. The summed E-state index contributed by atoms with van der Waals surface area (Å²) in [5.74, 6) is -3.37. The molecule has 4 rings (SSSR count). The van der Waals surface area contributed by atoms with Crippen LogP contribution >= 0.6 is 0 Å². The first-order valence-corrected chi connectivity index (χ1v) is 9.83. The Hall–Kier alpha value is -1.42. The number of hydrogen-bond acceptors (Lipinski definition) is 5. The molecule has 1 aromatic heterocycles. The summed E-state index contributed by atoms with van der Waals surface area (Å²) in [7, 11) is -3.49. The van der Waals surface area contributed by atoms with E-state index in [0.29, 0.717) is 19.4 Å². The lowest BCUT2D eigenvalue weighted by Gasteiger charge is -2.45. The highest BCUT2D eigenvalue weighted by atomic mass is 32.2. The molecule has 3 aliphatic rings. The van der Waals surface area contributed by atoms with E-state index >= 15 is 0 Å². The molecule has 0 N–H and O–H groups in total. The van der Waals surface area contributed by atoms with E-state index in [1.54, 1.807) is 4.90 Å². The van der Waals surface area contributed by atoms with Crippen LogP contribution in [0.5, 0.6) is 0 Å². The third kappa shape index (κ3) is 2.79. The molecule has 1 spiro atoms. The largest absolute Gasteiger partial charge is 0.340 e. The van der Waals surface area contributed by atoms with Crippen molar-refractivity contribution >= 4 is 16.0 Å². The van der Waals surface area contributed by atoms with Gasteiger partial charge in [0.2, 0.25) is 16.0 Å². The number of nitrogens with zero attached hydrogens (tertiary/aromatic N) is 4. The van der Waals surface area contributed by atoms with Gasteiger partial charge < -0.3 is 4.90 Å². The molecular formula is C15H19F3N4O2S. The van der Waals surface area contributed by atoms with Crippen LogP contribution in [-0.2, 0) is 10.0 Å². The molecule has 10 heteroatoms. The van der Waals surface area contributed by atoms with Crippen molar-refractivity contribution in [1.29, 1.82) is 0 Å². The predicted molar refractivity (Wildman–Crippen MR) is 84.3 cm³/mol. The van der Waals surface area contributed by atoms with E-state index in [1.807, 2.05) is 0 Å². The molecule has 138 valence electrons. The molecule has 1 saturated carbocycles. The molecule has 1 aromatic rings. The predicted octanol–water partition coefficient (Wildman–Crippen LogP) is 1.65. The lowest BCUT2D eigenvalue weighted by molar-refractivity contribution is -0.145. The maximum atomic E-state index is 14.7. The standard InChI is InChI=1S/C15H19F3N4O2S/c16-11-7-19-13(20-8-11)21-5-3-14(9-21)10-22(6-4-15(14,17)18)25(23,24)12-1-2-12/h7-8,12H,1-6,9-10H2. The second kappa shape index (κ2) is 5.54. The lowest BCUT2D eigenvalue weighted by atomic mass is 9.76. The van der Waals surface area contributed by atoms with Crippen molar-refractivity contribution in [2.24, 2.45) is 5.41 Å². The van der Waals surface area contributed by atoms with Gasteiger partial charge in [0.25, 0.3) is 5.92 Å². The van der Waals surface area contributed by atoms with Gasteiger partial charge >= 0.3 is 0 Å². The number of anilines is 1. The Labute approximate surface area is 144 Å². The first-order chi connectivity index (χ1) is 11.7. The van der Waals surface area contributed by atoms with Crippen LogP contribution in [-0.4, -0.2) is 60.0 Å². The van der Waals surface area contributed by atoms with E-state index in [4.69, 9.17) is 0 Å². The molecule has 3 heterocycles. The summed E-state index contributed by atoms with van der Waals surface area (Å²) >= 11 is 0. The molecule has 1 atom stereocenters. The minimum atomic E-state index is -3.49. The van der Waals surface area contributed by atoms with Crippen molar-refractivity contribution in [3.63, 3.8) is 0 Å². The number of piperidine rings is 1. The van der Waals surface area contributed by atoms with Crippen LogP contribution in [0, 0.1) is 11.2 Å². The third-order valence-electron chi connectivity index (χ3n) is 5.48. The van der Waals surface area contributed by atoms with Gasteiger partial charge in [-0.3, -0.25) is 0 Å². The van der Waals surface area contributed by atoms with Gasteiger partial charge in [0.1, 0.15) is 0 Å². The van der Waals surface area contributed by atoms with E-state index in [9.17, 15) is 21.6 Å². The van der Waals surface area contributed by atoms with Crippen LogP contribution in [0.4, 0.5) is 19.1 Å². The summed E-state index contributed by atoms with van der Waals surface area (Å²) in [6.45, 7) is -0.0714. The molecule has 2 aliphatic heterocycles. The molecule has 0 bridgehead atoms. The van der Waals surface area contributed by atoms with Crippen molar-refractivity contribution < 1.29 is 21.6 Å². The Kier molecular flexibility index (Phi) is 3.77. The minimum Gasteiger partial charge on any atom is -0.340 e. The Morgan fingerprint density at radius 1 is 1.08 bits per heavy atom. The highest BCUT2D eigenvalue weighted by Gasteiger charge is 2.61. The second-order valence-electron chi connectivity index (χ2n) is 7.19. The highest BCUT2D eigenvalue weighted by Crippen LogP contribution is 2.51. The molecule has 2 saturated heterocycles. The Bertz CT molecular complexity index is 769. The highest BCUT2D eigenvalue weighted by molar-refractivity contribution is 7.90. The number of sulfonamides is 1. The zero-order valence-corrected chi connectivity index (χ0v) is 14.4. The number of halogens is 3. The zero-order chi connectivity index (χ0) is 17.9. The summed E-state index contributed by atoms with van der Waals surface area (Å²) in [6, 6.07) is 0. The maximum Gasteiger partial charge on any atom is 0.257 e. The van der Waals surface area contributed by atoms with E-state index in [1.165, 1.54) is 4.31 Å². The molecule has 1 unspecified atom stereocenters. The minimum absolute atomic E-state index is 0.0394. The maximum absolute atomic E-state index is 14.7. The summed E-state index contributed by atoms with van der Waals surface area (Å²) in [5.41, 5.74) is -1.45. The first kappa shape index (κ1) is 17.0. The van der Waals surface area contributed by atoms with Crippen LogP contribution in [0.1, 0.15) is 25.7 Å². The molecule has 1 aliphatic carbocycles. The van der Waals surface area contributed by atoms with Gasteiger partial charge in [-0.1, -0.05) is 0 Å². The number of aromatic nitrogens is 2. The summed E-state index contributed by atoms with van der Waals surface area (Å²) in [4.78, 5) is 9.29. The SMILES string of the molecule is O=S(=O)(C1CC1)N1CCC(F)(F)C2(CCN(c3ncc(F)cn3)C2)C1. The molecule has 0 amide bonds. The summed E-state index contributed by atoms with van der Waals surface area (Å²) in [6.07, 6.45) is 2.89. The van der Waals surface area contributed by atoms with Crippen molar-refractivity contribution in [2.45, 2.75) is 36.9 Å². The van der Waals surface area contributed by atoms with Crippen molar-refractivity contribution in [3.05, 3.63) is 18.2 Å². The van der Waals surface area contributed by atoms with Gasteiger partial charge in [-0.25, -0.2) is 35.9 Å². The van der Waals surface area contributed by atoms with Crippen LogP contribution in [0.15, 0.2) is 12.4 Å². The summed E-state index contributed by atoms with van der Waals surface area (Å²) in [5, 5.41) is -0.408. The molecule has 25 heavy (non-hydrogen) atoms. The lowest BCUT2D eigenvalue weighted by Crippen LogP contribution is -2.58. The van der Waals surface area contributed by atoms with Gasteiger partial charge in [0.05, 0.1) is 23.1 Å². The normalized spacial score (nSPS) is 30.1. The van der Waals surface area contributed by atoms with E-state index < -0.39 is 38.8 Å². The first-order valence-electron chi connectivity index (χ1n) is 8.33. The van der Waals surface area contributed by atoms with Crippen LogP contribution in [0.3, 0.4) is 0 Å². The van der Waals surface area contributed by atoms with E-state index in [-0.39, 0.29) is 32.0 Å². The van der Waals surface area contributed by atoms with Crippen LogP contribution < -0.4 is 4.90 Å². The topological polar surface area (TPSA) is 66.4 Å². The number of rotatable bonds is 3. The fraction of sp³-hybridized carbons (Fsp3) is 0.733. The molecule has 6 nitrogen and oxygen atoms in total. The van der Waals surface area contributed by atoms with Gasteiger partial charge in [0, 0.05) is 32.6 Å². The van der Waals surface area contributed by atoms with Gasteiger partial charge in [0.15, 0.2) is 5.82 Å². The molecular weight excluding hydrogens is 357 g/mol. The Morgan fingerprint density at radius 3 is 2.40 bits per heavy atom. The van der Waals surface area contributed by atoms with Crippen LogP contribution in [0.25, 0.3) is 0 Å². The molecule has 0 radical (unpaired) electrons. The third-order valence-corrected chi connectivity index (χ3v) is 7.82. The van der Waals surface area contributed by atoms with Gasteiger partial charge in [-0.15, -0.1) is 0 Å². The quantitative estimate of drug-likeness (QED) is 0.803. The molecule has 3 fully saturated rings. The Morgan fingerprint density at radius 2 is 1.76 bits per heavy atom.